The van der Waals surface area contributed by atoms with Crippen LogP contribution in [-0.2, 0) is 4.79 Å². The molecule has 1 amide bonds. The standard InChI is InChI=1S/C16H25N3O/c1-12-4-3-8-19(9-7-12)11-16(20)18-14-6-5-13(2)15(17)10-14/h5-6,10,12H,3-4,7-9,11,17H2,1-2H3,(H,18,20). The number of carbonyl (C=O) groups is 1. The minimum atomic E-state index is 0.0443. The molecule has 0 aromatic heterocycles. The van der Waals surface area contributed by atoms with E-state index in [4.69, 9.17) is 5.73 Å². The molecule has 1 aromatic rings. The number of nitrogens with zero attached hydrogens (tertiary/aromatic N) is 1. The van der Waals surface area contributed by atoms with Gasteiger partial charge in [-0.2, -0.15) is 0 Å². The maximum absolute atomic E-state index is 12.1. The highest BCUT2D eigenvalue weighted by molar-refractivity contribution is 5.92. The highest BCUT2D eigenvalue weighted by Gasteiger charge is 2.16. The Kier molecular flexibility index (Phi) is 5.01. The zero-order valence-corrected chi connectivity index (χ0v) is 12.5. The molecule has 0 spiro atoms. The minimum absolute atomic E-state index is 0.0443. The summed E-state index contributed by atoms with van der Waals surface area (Å²) in [7, 11) is 0. The smallest absolute Gasteiger partial charge is 0.238 e. The van der Waals surface area contributed by atoms with Gasteiger partial charge in [0.05, 0.1) is 6.54 Å². The number of hydrogen-bond donors (Lipinski definition) is 2. The van der Waals surface area contributed by atoms with Gasteiger partial charge in [-0.25, -0.2) is 0 Å². The Morgan fingerprint density at radius 2 is 2.20 bits per heavy atom. The number of nitrogen functional groups attached to an aromatic ring is 1. The number of anilines is 2. The van der Waals surface area contributed by atoms with Crippen LogP contribution in [0.25, 0.3) is 0 Å². The lowest BCUT2D eigenvalue weighted by Gasteiger charge is -2.19. The topological polar surface area (TPSA) is 58.4 Å². The summed E-state index contributed by atoms with van der Waals surface area (Å²) in [5.41, 5.74) is 8.38. The molecule has 1 unspecified atom stereocenters. The Morgan fingerprint density at radius 1 is 1.40 bits per heavy atom. The number of rotatable bonds is 3. The van der Waals surface area contributed by atoms with Crippen molar-refractivity contribution in [3.8, 4) is 0 Å². The Labute approximate surface area is 121 Å². The summed E-state index contributed by atoms with van der Waals surface area (Å²) < 4.78 is 0. The first-order valence-electron chi connectivity index (χ1n) is 7.43. The van der Waals surface area contributed by atoms with Gasteiger partial charge in [-0.05, 0) is 62.9 Å². The molecule has 110 valence electrons. The fraction of sp³-hybridized carbons (Fsp3) is 0.562. The predicted molar refractivity (Wildman–Crippen MR) is 83.7 cm³/mol. The Bertz CT molecular complexity index is 473. The number of hydrogen-bond acceptors (Lipinski definition) is 3. The monoisotopic (exact) mass is 275 g/mol. The molecule has 1 heterocycles. The number of carbonyl (C=O) groups excluding carboxylic acids is 1. The molecule has 0 aliphatic carbocycles. The normalized spacial score (nSPS) is 20.4. The van der Waals surface area contributed by atoms with Gasteiger partial charge < -0.3 is 11.1 Å². The first-order chi connectivity index (χ1) is 9.54. The van der Waals surface area contributed by atoms with E-state index in [1.54, 1.807) is 0 Å². The fourth-order valence-electron chi connectivity index (χ4n) is 2.60. The molecular weight excluding hydrogens is 250 g/mol. The quantitative estimate of drug-likeness (QED) is 0.834. The molecule has 2 rings (SSSR count). The van der Waals surface area contributed by atoms with Crippen LogP contribution in [0.1, 0.15) is 31.7 Å². The van der Waals surface area contributed by atoms with E-state index in [0.29, 0.717) is 12.2 Å². The molecule has 3 N–H and O–H groups in total. The van der Waals surface area contributed by atoms with Gasteiger partial charge in [-0.1, -0.05) is 13.0 Å². The van der Waals surface area contributed by atoms with Crippen molar-refractivity contribution in [1.82, 2.24) is 4.90 Å². The zero-order valence-electron chi connectivity index (χ0n) is 12.5. The zero-order chi connectivity index (χ0) is 14.5. The van der Waals surface area contributed by atoms with Gasteiger partial charge in [0.2, 0.25) is 5.91 Å². The highest BCUT2D eigenvalue weighted by atomic mass is 16.2. The van der Waals surface area contributed by atoms with E-state index < -0.39 is 0 Å². The summed E-state index contributed by atoms with van der Waals surface area (Å²) in [5, 5.41) is 2.93. The summed E-state index contributed by atoms with van der Waals surface area (Å²) in [6, 6.07) is 5.64. The Morgan fingerprint density at radius 3 is 2.95 bits per heavy atom. The second-order valence-corrected chi connectivity index (χ2v) is 5.93. The van der Waals surface area contributed by atoms with Crippen LogP contribution < -0.4 is 11.1 Å². The van der Waals surface area contributed by atoms with Crippen LogP contribution in [0.5, 0.6) is 0 Å². The van der Waals surface area contributed by atoms with Crippen molar-refractivity contribution in [2.75, 3.05) is 30.7 Å². The van der Waals surface area contributed by atoms with Crippen molar-refractivity contribution >= 4 is 17.3 Å². The van der Waals surface area contributed by atoms with Gasteiger partial charge in [-0.3, -0.25) is 9.69 Å². The number of nitrogens with one attached hydrogen (secondary N) is 1. The van der Waals surface area contributed by atoms with Crippen LogP contribution in [0, 0.1) is 12.8 Å². The Balaban J connectivity index is 1.87. The van der Waals surface area contributed by atoms with Gasteiger partial charge in [-0.15, -0.1) is 0 Å². The van der Waals surface area contributed by atoms with E-state index in [0.717, 1.165) is 30.3 Å². The summed E-state index contributed by atoms with van der Waals surface area (Å²) in [6.45, 7) is 6.76. The van der Waals surface area contributed by atoms with E-state index in [1.165, 1.54) is 19.3 Å². The van der Waals surface area contributed by atoms with Gasteiger partial charge in [0.25, 0.3) is 0 Å². The van der Waals surface area contributed by atoms with Crippen LogP contribution in [0.2, 0.25) is 0 Å². The third-order valence-corrected chi connectivity index (χ3v) is 4.04. The number of nitrogens with two attached hydrogens (primary N) is 1. The van der Waals surface area contributed by atoms with Crippen molar-refractivity contribution < 1.29 is 4.79 Å². The van der Waals surface area contributed by atoms with Crippen LogP contribution in [0.15, 0.2) is 18.2 Å². The number of likely N-dealkylation sites (tertiary alicyclic amines) is 1. The first kappa shape index (κ1) is 14.9. The third-order valence-electron chi connectivity index (χ3n) is 4.04. The summed E-state index contributed by atoms with van der Waals surface area (Å²) in [5.74, 6) is 0.822. The van der Waals surface area contributed by atoms with E-state index >= 15 is 0 Å². The second kappa shape index (κ2) is 6.75. The first-order valence-corrected chi connectivity index (χ1v) is 7.43. The molecular formula is C16H25N3O. The third kappa shape index (κ3) is 4.23. The minimum Gasteiger partial charge on any atom is -0.398 e. The lowest BCUT2D eigenvalue weighted by molar-refractivity contribution is -0.117. The molecule has 1 saturated heterocycles. The van der Waals surface area contributed by atoms with E-state index in [-0.39, 0.29) is 5.91 Å². The van der Waals surface area contributed by atoms with Crippen molar-refractivity contribution in [2.45, 2.75) is 33.1 Å². The number of aryl methyl sites for hydroxylation is 1. The van der Waals surface area contributed by atoms with E-state index in [9.17, 15) is 4.79 Å². The predicted octanol–water partition coefficient (Wildman–Crippen LogP) is 2.64. The van der Waals surface area contributed by atoms with Crippen LogP contribution >= 0.6 is 0 Å². The van der Waals surface area contributed by atoms with Crippen molar-refractivity contribution in [3.63, 3.8) is 0 Å². The van der Waals surface area contributed by atoms with Crippen LogP contribution in [0.4, 0.5) is 11.4 Å². The number of amides is 1. The summed E-state index contributed by atoms with van der Waals surface area (Å²) in [4.78, 5) is 14.3. The summed E-state index contributed by atoms with van der Waals surface area (Å²) >= 11 is 0. The molecule has 1 fully saturated rings. The largest absolute Gasteiger partial charge is 0.398 e. The van der Waals surface area contributed by atoms with Crippen molar-refractivity contribution in [1.29, 1.82) is 0 Å². The van der Waals surface area contributed by atoms with Gasteiger partial charge in [0.1, 0.15) is 0 Å². The van der Waals surface area contributed by atoms with E-state index in [1.807, 2.05) is 25.1 Å². The fourth-order valence-corrected chi connectivity index (χ4v) is 2.60. The summed E-state index contributed by atoms with van der Waals surface area (Å²) in [6.07, 6.45) is 3.64. The SMILES string of the molecule is Cc1ccc(NC(=O)CN2CCCC(C)CC2)cc1N. The molecule has 1 aliphatic heterocycles. The van der Waals surface area contributed by atoms with Crippen molar-refractivity contribution in [3.05, 3.63) is 23.8 Å². The molecule has 4 nitrogen and oxygen atoms in total. The maximum Gasteiger partial charge on any atom is 0.238 e. The molecule has 0 radical (unpaired) electrons. The molecule has 1 aliphatic rings. The van der Waals surface area contributed by atoms with Gasteiger partial charge >= 0.3 is 0 Å². The van der Waals surface area contributed by atoms with Gasteiger partial charge in [0.15, 0.2) is 0 Å². The molecule has 1 atom stereocenters. The molecule has 4 heteroatoms. The molecule has 1 aromatic carbocycles. The number of benzene rings is 1. The molecule has 20 heavy (non-hydrogen) atoms. The lowest BCUT2D eigenvalue weighted by Crippen LogP contribution is -2.34. The second-order valence-electron chi connectivity index (χ2n) is 5.93. The highest BCUT2D eigenvalue weighted by Crippen LogP contribution is 2.18. The maximum atomic E-state index is 12.1. The lowest BCUT2D eigenvalue weighted by atomic mass is 10.0. The van der Waals surface area contributed by atoms with Gasteiger partial charge in [0, 0.05) is 11.4 Å². The average molecular weight is 275 g/mol. The average Bonchev–Trinajstić information content (AvgIpc) is 2.59. The molecule has 0 bridgehead atoms. The van der Waals surface area contributed by atoms with E-state index in [2.05, 4.69) is 17.1 Å². The Hall–Kier alpha value is -1.55. The van der Waals surface area contributed by atoms with Crippen molar-refractivity contribution in [2.24, 2.45) is 5.92 Å². The molecule has 0 saturated carbocycles. The van der Waals surface area contributed by atoms with Crippen LogP contribution in [0.3, 0.4) is 0 Å². The van der Waals surface area contributed by atoms with Crippen LogP contribution in [-0.4, -0.2) is 30.4 Å².